The minimum atomic E-state index is -0.204. The van der Waals surface area contributed by atoms with Crippen molar-refractivity contribution in [2.24, 2.45) is 0 Å². The van der Waals surface area contributed by atoms with E-state index in [0.717, 1.165) is 17.0 Å². The summed E-state index contributed by atoms with van der Waals surface area (Å²) >= 11 is 0. The molecule has 2 aromatic heterocycles. The molecule has 6 nitrogen and oxygen atoms in total. The fraction of sp³-hybridized carbons (Fsp3) is 0.235. The summed E-state index contributed by atoms with van der Waals surface area (Å²) in [5, 5.41) is 14.0. The third kappa shape index (κ3) is 3.48. The Labute approximate surface area is 133 Å². The fourth-order valence-corrected chi connectivity index (χ4v) is 2.45. The molecule has 0 aliphatic carbocycles. The van der Waals surface area contributed by atoms with E-state index in [1.54, 1.807) is 0 Å². The van der Waals surface area contributed by atoms with Gasteiger partial charge >= 0.3 is 0 Å². The predicted molar refractivity (Wildman–Crippen MR) is 85.9 cm³/mol. The molecule has 0 bridgehead atoms. The number of carbonyl (C=O) groups excluding carboxylic acids is 1. The maximum atomic E-state index is 12.5. The third-order valence-electron chi connectivity index (χ3n) is 3.51. The number of aromatic amines is 1. The van der Waals surface area contributed by atoms with Gasteiger partial charge in [0.2, 0.25) is 0 Å². The average molecular weight is 310 g/mol. The Kier molecular flexibility index (Phi) is 4.23. The number of carbonyl (C=O) groups is 1. The molecule has 118 valence electrons. The van der Waals surface area contributed by atoms with Gasteiger partial charge in [0.1, 0.15) is 17.5 Å². The Morgan fingerprint density at radius 1 is 1.35 bits per heavy atom. The summed E-state index contributed by atoms with van der Waals surface area (Å²) in [6, 6.07) is 11.4. The zero-order valence-corrected chi connectivity index (χ0v) is 13.0. The summed E-state index contributed by atoms with van der Waals surface area (Å²) in [5.74, 6) is -0.204. The first kappa shape index (κ1) is 15.0. The molecular weight excluding hydrogens is 292 g/mol. The van der Waals surface area contributed by atoms with E-state index in [1.807, 2.05) is 50.2 Å². The zero-order valence-electron chi connectivity index (χ0n) is 13.0. The minimum absolute atomic E-state index is 0.0521. The van der Waals surface area contributed by atoms with Crippen molar-refractivity contribution in [1.29, 1.82) is 0 Å². The second-order valence-corrected chi connectivity index (χ2v) is 5.56. The van der Waals surface area contributed by atoms with Crippen LogP contribution in [0, 0.1) is 6.92 Å². The summed E-state index contributed by atoms with van der Waals surface area (Å²) in [5.41, 5.74) is 3.75. The topological polar surface area (TPSA) is 83.8 Å². The van der Waals surface area contributed by atoms with Gasteiger partial charge in [0, 0.05) is 23.7 Å². The zero-order chi connectivity index (χ0) is 16.2. The lowest BCUT2D eigenvalue weighted by molar-refractivity contribution is 0.0940. The Balaban J connectivity index is 1.70. The van der Waals surface area contributed by atoms with Crippen molar-refractivity contribution >= 4 is 5.91 Å². The normalized spacial score (nSPS) is 12.1. The lowest BCUT2D eigenvalue weighted by Crippen LogP contribution is -2.34. The van der Waals surface area contributed by atoms with Gasteiger partial charge in [-0.3, -0.25) is 9.89 Å². The molecule has 0 aliphatic rings. The number of H-pyrrole nitrogens is 1. The van der Waals surface area contributed by atoms with Crippen LogP contribution < -0.4 is 5.32 Å². The second kappa shape index (κ2) is 6.48. The molecule has 0 saturated heterocycles. The van der Waals surface area contributed by atoms with Crippen molar-refractivity contribution in [3.63, 3.8) is 0 Å². The highest BCUT2D eigenvalue weighted by molar-refractivity contribution is 5.99. The Morgan fingerprint density at radius 2 is 2.13 bits per heavy atom. The quantitative estimate of drug-likeness (QED) is 0.759. The van der Waals surface area contributed by atoms with Gasteiger partial charge in [0.05, 0.1) is 5.69 Å². The molecule has 23 heavy (non-hydrogen) atoms. The maximum Gasteiger partial charge on any atom is 0.257 e. The SMILES string of the molecule is Cc1cc(C[C@@H](C)NC(=O)c2conc2-c2ccccc2)n[nH]1. The monoisotopic (exact) mass is 310 g/mol. The molecule has 0 saturated carbocycles. The molecule has 3 rings (SSSR count). The number of rotatable bonds is 5. The number of hydrogen-bond acceptors (Lipinski definition) is 4. The van der Waals surface area contributed by atoms with Gasteiger partial charge in [-0.1, -0.05) is 35.5 Å². The number of nitrogens with zero attached hydrogens (tertiary/aromatic N) is 2. The summed E-state index contributed by atoms with van der Waals surface area (Å²) in [4.78, 5) is 12.5. The van der Waals surface area contributed by atoms with Gasteiger partial charge in [0.15, 0.2) is 0 Å². The lowest BCUT2D eigenvalue weighted by atomic mass is 10.1. The summed E-state index contributed by atoms with van der Waals surface area (Å²) < 4.78 is 5.00. The average Bonchev–Trinajstić information content (AvgIpc) is 3.17. The Morgan fingerprint density at radius 3 is 2.83 bits per heavy atom. The van der Waals surface area contributed by atoms with Crippen LogP contribution in [0.4, 0.5) is 0 Å². The van der Waals surface area contributed by atoms with E-state index < -0.39 is 0 Å². The molecular formula is C17H18N4O2. The van der Waals surface area contributed by atoms with Gasteiger partial charge in [0.25, 0.3) is 5.91 Å². The molecule has 1 aromatic carbocycles. The van der Waals surface area contributed by atoms with Crippen LogP contribution in [0.2, 0.25) is 0 Å². The molecule has 0 radical (unpaired) electrons. The first-order valence-corrected chi connectivity index (χ1v) is 7.45. The smallest absolute Gasteiger partial charge is 0.257 e. The molecule has 1 atom stereocenters. The number of nitrogens with one attached hydrogen (secondary N) is 2. The molecule has 0 unspecified atom stereocenters. The van der Waals surface area contributed by atoms with E-state index in [9.17, 15) is 4.79 Å². The van der Waals surface area contributed by atoms with E-state index in [2.05, 4.69) is 20.7 Å². The van der Waals surface area contributed by atoms with Crippen LogP contribution in [0.3, 0.4) is 0 Å². The number of amides is 1. The van der Waals surface area contributed by atoms with E-state index in [1.165, 1.54) is 6.26 Å². The molecule has 1 amide bonds. The molecule has 6 heteroatoms. The van der Waals surface area contributed by atoms with Crippen LogP contribution >= 0.6 is 0 Å². The van der Waals surface area contributed by atoms with Crippen molar-refractivity contribution in [2.75, 3.05) is 0 Å². The maximum absolute atomic E-state index is 12.5. The second-order valence-electron chi connectivity index (χ2n) is 5.56. The van der Waals surface area contributed by atoms with Crippen LogP contribution in [0.1, 0.15) is 28.7 Å². The summed E-state index contributed by atoms with van der Waals surface area (Å²) in [6.07, 6.45) is 2.03. The largest absolute Gasteiger partial charge is 0.363 e. The highest BCUT2D eigenvalue weighted by atomic mass is 16.5. The van der Waals surface area contributed by atoms with Gasteiger partial charge in [-0.05, 0) is 19.9 Å². The van der Waals surface area contributed by atoms with E-state index in [-0.39, 0.29) is 11.9 Å². The number of aromatic nitrogens is 3. The lowest BCUT2D eigenvalue weighted by Gasteiger charge is -2.12. The Bertz CT molecular complexity index is 792. The van der Waals surface area contributed by atoms with Gasteiger partial charge < -0.3 is 9.84 Å². The molecule has 3 aromatic rings. The van der Waals surface area contributed by atoms with Crippen LogP contribution in [-0.2, 0) is 6.42 Å². The third-order valence-corrected chi connectivity index (χ3v) is 3.51. The van der Waals surface area contributed by atoms with Crippen molar-refractivity contribution in [1.82, 2.24) is 20.7 Å². The molecule has 0 aliphatic heterocycles. The van der Waals surface area contributed by atoms with Crippen molar-refractivity contribution < 1.29 is 9.32 Å². The first-order valence-electron chi connectivity index (χ1n) is 7.45. The van der Waals surface area contributed by atoms with Crippen LogP contribution in [0.15, 0.2) is 47.2 Å². The standard InChI is InChI=1S/C17H18N4O2/c1-11(8-14-9-12(2)19-20-14)18-17(22)15-10-23-21-16(15)13-6-4-3-5-7-13/h3-7,9-11H,8H2,1-2H3,(H,18,22)(H,19,20)/t11-/m1/s1. The van der Waals surface area contributed by atoms with Gasteiger partial charge in [-0.2, -0.15) is 5.10 Å². The molecule has 2 N–H and O–H groups in total. The first-order chi connectivity index (χ1) is 11.1. The number of benzene rings is 1. The van der Waals surface area contributed by atoms with Gasteiger partial charge in [-0.25, -0.2) is 0 Å². The van der Waals surface area contributed by atoms with E-state index in [4.69, 9.17) is 4.52 Å². The molecule has 0 fully saturated rings. The van der Waals surface area contributed by atoms with Crippen molar-refractivity contribution in [3.8, 4) is 11.3 Å². The number of aryl methyl sites for hydroxylation is 1. The fourth-order valence-electron chi connectivity index (χ4n) is 2.45. The van der Waals surface area contributed by atoms with Crippen LogP contribution in [-0.4, -0.2) is 27.3 Å². The number of hydrogen-bond donors (Lipinski definition) is 2. The Hall–Kier alpha value is -2.89. The molecule has 0 spiro atoms. The summed E-state index contributed by atoms with van der Waals surface area (Å²) in [7, 11) is 0. The van der Waals surface area contributed by atoms with E-state index >= 15 is 0 Å². The van der Waals surface area contributed by atoms with Crippen LogP contribution in [0.25, 0.3) is 11.3 Å². The van der Waals surface area contributed by atoms with Crippen molar-refractivity contribution in [2.45, 2.75) is 26.3 Å². The van der Waals surface area contributed by atoms with E-state index in [0.29, 0.717) is 17.7 Å². The molecule has 2 heterocycles. The minimum Gasteiger partial charge on any atom is -0.363 e. The summed E-state index contributed by atoms with van der Waals surface area (Å²) in [6.45, 7) is 3.89. The van der Waals surface area contributed by atoms with Gasteiger partial charge in [-0.15, -0.1) is 0 Å². The van der Waals surface area contributed by atoms with Crippen LogP contribution in [0.5, 0.6) is 0 Å². The predicted octanol–water partition coefficient (Wildman–Crippen LogP) is 2.73. The van der Waals surface area contributed by atoms with Crippen molar-refractivity contribution in [3.05, 3.63) is 59.6 Å². The highest BCUT2D eigenvalue weighted by Crippen LogP contribution is 2.21. The highest BCUT2D eigenvalue weighted by Gasteiger charge is 2.19.